The topological polar surface area (TPSA) is 49.4 Å². The number of nitrogens with one attached hydrogen (secondary N) is 1. The molecule has 160 valence electrons. The van der Waals surface area contributed by atoms with Gasteiger partial charge in [0.15, 0.2) is 0 Å². The molecular weight excluding hydrogens is 384 g/mol. The molecule has 3 aromatic rings. The predicted molar refractivity (Wildman–Crippen MR) is 124 cm³/mol. The van der Waals surface area contributed by atoms with Gasteiger partial charge in [-0.2, -0.15) is 0 Å². The third-order valence-electron chi connectivity index (χ3n) is 5.24. The van der Waals surface area contributed by atoms with Crippen LogP contribution in [-0.4, -0.2) is 16.7 Å². The van der Waals surface area contributed by atoms with Crippen LogP contribution in [0.3, 0.4) is 0 Å². The van der Waals surface area contributed by atoms with Gasteiger partial charge in [0.2, 0.25) is 11.8 Å². The minimum Gasteiger partial charge on any atom is -0.350 e. The fourth-order valence-corrected chi connectivity index (χ4v) is 3.51. The quantitative estimate of drug-likeness (QED) is 0.562. The van der Waals surface area contributed by atoms with Crippen LogP contribution >= 0.6 is 0 Å². The zero-order valence-electron chi connectivity index (χ0n) is 18.4. The SMILES string of the molecule is Cc1ccc(CNC(=O)C(c2ccccc2)N(Cc2ccccc2)C(=O)C(C)C)cc1. The van der Waals surface area contributed by atoms with Crippen LogP contribution in [0.5, 0.6) is 0 Å². The molecular formula is C27H30N2O2. The summed E-state index contributed by atoms with van der Waals surface area (Å²) in [6.07, 6.45) is 0. The second-order valence-electron chi connectivity index (χ2n) is 8.12. The van der Waals surface area contributed by atoms with Gasteiger partial charge >= 0.3 is 0 Å². The molecule has 1 atom stereocenters. The maximum atomic E-state index is 13.4. The van der Waals surface area contributed by atoms with E-state index in [4.69, 9.17) is 0 Å². The maximum absolute atomic E-state index is 13.4. The first-order valence-corrected chi connectivity index (χ1v) is 10.7. The molecule has 0 spiro atoms. The van der Waals surface area contributed by atoms with Crippen molar-refractivity contribution in [1.82, 2.24) is 10.2 Å². The average Bonchev–Trinajstić information content (AvgIpc) is 2.79. The molecule has 0 saturated carbocycles. The number of nitrogens with zero attached hydrogens (tertiary/aromatic N) is 1. The standard InChI is InChI=1S/C27H30N2O2/c1-20(2)27(31)29(19-23-10-6-4-7-11-23)25(24-12-8-5-9-13-24)26(30)28-18-22-16-14-21(3)15-17-22/h4-17,20,25H,18-19H2,1-3H3,(H,28,30). The number of hydrogen-bond acceptors (Lipinski definition) is 2. The monoisotopic (exact) mass is 414 g/mol. The summed E-state index contributed by atoms with van der Waals surface area (Å²) >= 11 is 0. The second-order valence-corrected chi connectivity index (χ2v) is 8.12. The van der Waals surface area contributed by atoms with E-state index in [1.54, 1.807) is 4.90 Å². The van der Waals surface area contributed by atoms with Crippen molar-refractivity contribution >= 4 is 11.8 Å². The fraction of sp³-hybridized carbons (Fsp3) is 0.259. The number of rotatable bonds is 8. The minimum atomic E-state index is -0.707. The van der Waals surface area contributed by atoms with Gasteiger partial charge in [0.05, 0.1) is 0 Å². The van der Waals surface area contributed by atoms with Crippen molar-refractivity contribution in [2.24, 2.45) is 5.92 Å². The average molecular weight is 415 g/mol. The van der Waals surface area contributed by atoms with Crippen molar-refractivity contribution in [3.05, 3.63) is 107 Å². The van der Waals surface area contributed by atoms with Crippen LogP contribution in [0.25, 0.3) is 0 Å². The highest BCUT2D eigenvalue weighted by atomic mass is 16.2. The molecule has 0 aromatic heterocycles. The summed E-state index contributed by atoms with van der Waals surface area (Å²) < 4.78 is 0. The Bertz CT molecular complexity index is 983. The lowest BCUT2D eigenvalue weighted by Gasteiger charge is -2.33. The Hall–Kier alpha value is -3.40. The summed E-state index contributed by atoms with van der Waals surface area (Å²) in [6.45, 7) is 6.55. The summed E-state index contributed by atoms with van der Waals surface area (Å²) in [5.41, 5.74) is 3.99. The first-order valence-electron chi connectivity index (χ1n) is 10.7. The molecule has 3 aromatic carbocycles. The molecule has 0 bridgehead atoms. The van der Waals surface area contributed by atoms with E-state index in [0.717, 1.165) is 16.7 Å². The van der Waals surface area contributed by atoms with Crippen molar-refractivity contribution in [2.45, 2.75) is 39.9 Å². The Labute approximate surface area is 184 Å². The number of aryl methyl sites for hydroxylation is 1. The maximum Gasteiger partial charge on any atom is 0.247 e. The van der Waals surface area contributed by atoms with Crippen LogP contribution in [0, 0.1) is 12.8 Å². The highest BCUT2D eigenvalue weighted by molar-refractivity contribution is 5.89. The van der Waals surface area contributed by atoms with Gasteiger partial charge in [-0.25, -0.2) is 0 Å². The molecule has 3 rings (SSSR count). The lowest BCUT2D eigenvalue weighted by Crippen LogP contribution is -2.44. The zero-order chi connectivity index (χ0) is 22.2. The largest absolute Gasteiger partial charge is 0.350 e. The van der Waals surface area contributed by atoms with Gasteiger partial charge in [-0.3, -0.25) is 9.59 Å². The van der Waals surface area contributed by atoms with Crippen LogP contribution in [0.2, 0.25) is 0 Å². The van der Waals surface area contributed by atoms with Gasteiger partial charge in [-0.1, -0.05) is 104 Å². The molecule has 4 heteroatoms. The normalized spacial score (nSPS) is 11.7. The lowest BCUT2D eigenvalue weighted by atomic mass is 10.0. The third-order valence-corrected chi connectivity index (χ3v) is 5.24. The number of benzene rings is 3. The predicted octanol–water partition coefficient (Wildman–Crippen LogP) is 5.04. The number of carbonyl (C=O) groups excluding carboxylic acids is 2. The molecule has 0 aliphatic rings. The van der Waals surface area contributed by atoms with Crippen LogP contribution in [0.4, 0.5) is 0 Å². The van der Waals surface area contributed by atoms with Crippen LogP contribution < -0.4 is 5.32 Å². The first kappa shape index (κ1) is 22.3. The summed E-state index contributed by atoms with van der Waals surface area (Å²) in [5.74, 6) is -0.459. The molecule has 0 fully saturated rings. The Morgan fingerprint density at radius 1 is 0.806 bits per heavy atom. The molecule has 2 amide bonds. The Morgan fingerprint density at radius 3 is 1.97 bits per heavy atom. The van der Waals surface area contributed by atoms with Gasteiger partial charge in [-0.15, -0.1) is 0 Å². The Morgan fingerprint density at radius 2 is 1.39 bits per heavy atom. The van der Waals surface area contributed by atoms with Crippen molar-refractivity contribution in [1.29, 1.82) is 0 Å². The highest BCUT2D eigenvalue weighted by Gasteiger charge is 2.32. The van der Waals surface area contributed by atoms with E-state index in [0.29, 0.717) is 13.1 Å². The summed E-state index contributed by atoms with van der Waals surface area (Å²) in [6, 6.07) is 26.7. The minimum absolute atomic E-state index is 0.0526. The van der Waals surface area contributed by atoms with Gasteiger partial charge in [0, 0.05) is 19.0 Å². The molecule has 4 nitrogen and oxygen atoms in total. The van der Waals surface area contributed by atoms with Gasteiger partial charge in [0.1, 0.15) is 6.04 Å². The Kier molecular flexibility index (Phi) is 7.60. The summed E-state index contributed by atoms with van der Waals surface area (Å²) in [4.78, 5) is 28.4. The first-order chi connectivity index (χ1) is 15.0. The molecule has 1 N–H and O–H groups in total. The van der Waals surface area contributed by atoms with Crippen molar-refractivity contribution in [3.8, 4) is 0 Å². The highest BCUT2D eigenvalue weighted by Crippen LogP contribution is 2.25. The third kappa shape index (κ3) is 6.05. The molecule has 31 heavy (non-hydrogen) atoms. The Balaban J connectivity index is 1.91. The molecule has 0 radical (unpaired) electrons. The van der Waals surface area contributed by atoms with Gasteiger partial charge < -0.3 is 10.2 Å². The van der Waals surface area contributed by atoms with E-state index in [2.05, 4.69) is 5.32 Å². The van der Waals surface area contributed by atoms with E-state index >= 15 is 0 Å². The zero-order valence-corrected chi connectivity index (χ0v) is 18.4. The van der Waals surface area contributed by atoms with Crippen LogP contribution in [-0.2, 0) is 22.7 Å². The van der Waals surface area contributed by atoms with Crippen LogP contribution in [0.1, 0.15) is 42.1 Å². The molecule has 1 unspecified atom stereocenters. The van der Waals surface area contributed by atoms with E-state index < -0.39 is 6.04 Å². The van der Waals surface area contributed by atoms with Crippen molar-refractivity contribution in [2.75, 3.05) is 0 Å². The number of hydrogen-bond donors (Lipinski definition) is 1. The molecule has 0 aliphatic heterocycles. The number of carbonyl (C=O) groups is 2. The molecule has 0 saturated heterocycles. The van der Waals surface area contributed by atoms with Gasteiger partial charge in [0.25, 0.3) is 0 Å². The second kappa shape index (κ2) is 10.6. The van der Waals surface area contributed by atoms with Crippen molar-refractivity contribution < 1.29 is 9.59 Å². The lowest BCUT2D eigenvalue weighted by molar-refractivity contribution is -0.144. The van der Waals surface area contributed by atoms with E-state index in [9.17, 15) is 9.59 Å². The summed E-state index contributed by atoms with van der Waals surface area (Å²) in [5, 5.41) is 3.04. The van der Waals surface area contributed by atoms with Crippen molar-refractivity contribution in [3.63, 3.8) is 0 Å². The summed E-state index contributed by atoms with van der Waals surface area (Å²) in [7, 11) is 0. The number of amides is 2. The smallest absolute Gasteiger partial charge is 0.247 e. The van der Waals surface area contributed by atoms with E-state index in [-0.39, 0.29) is 17.7 Å². The molecule has 0 heterocycles. The van der Waals surface area contributed by atoms with Gasteiger partial charge in [-0.05, 0) is 23.6 Å². The molecule has 0 aliphatic carbocycles. The van der Waals surface area contributed by atoms with E-state index in [1.807, 2.05) is 106 Å². The fourth-order valence-electron chi connectivity index (χ4n) is 3.51. The van der Waals surface area contributed by atoms with Crippen LogP contribution in [0.15, 0.2) is 84.9 Å². The van der Waals surface area contributed by atoms with E-state index in [1.165, 1.54) is 5.56 Å².